The number of hydrogen-bond acceptors (Lipinski definition) is 4. The smallest absolute Gasteiger partial charge is 0.134 e. The Morgan fingerprint density at radius 2 is 2.05 bits per heavy atom. The van der Waals surface area contributed by atoms with Crippen LogP contribution < -0.4 is 0 Å². The normalized spacial score (nSPS) is 11.4. The Morgan fingerprint density at radius 1 is 1.23 bits per heavy atom. The first-order chi connectivity index (χ1) is 10.8. The van der Waals surface area contributed by atoms with Crippen molar-refractivity contribution >= 4 is 34.3 Å². The number of hydrogen-bond donors (Lipinski definition) is 0. The lowest BCUT2D eigenvalue weighted by molar-refractivity contribution is 1.14. The Bertz CT molecular complexity index is 819. The second-order valence-electron chi connectivity index (χ2n) is 4.78. The molecule has 0 N–H and O–H groups in total. The van der Waals surface area contributed by atoms with Gasteiger partial charge >= 0.3 is 0 Å². The number of nitrogens with zero attached hydrogens (tertiary/aromatic N) is 2. The zero-order valence-corrected chi connectivity index (χ0v) is 13.7. The minimum absolute atomic E-state index is 0.608. The van der Waals surface area contributed by atoms with Crippen LogP contribution in [0.15, 0.2) is 47.2 Å². The van der Waals surface area contributed by atoms with Gasteiger partial charge in [-0.3, -0.25) is 0 Å². The van der Waals surface area contributed by atoms with Crippen molar-refractivity contribution in [3.63, 3.8) is 0 Å². The summed E-state index contributed by atoms with van der Waals surface area (Å²) in [6.07, 6.45) is 2.92. The van der Waals surface area contributed by atoms with Gasteiger partial charge in [0.1, 0.15) is 11.1 Å². The molecule has 0 spiro atoms. The van der Waals surface area contributed by atoms with Crippen LogP contribution in [0.5, 0.6) is 0 Å². The van der Waals surface area contributed by atoms with Crippen LogP contribution in [0, 0.1) is 11.3 Å². The summed E-state index contributed by atoms with van der Waals surface area (Å²) in [4.78, 5) is 5.72. The van der Waals surface area contributed by atoms with Crippen molar-refractivity contribution in [3.8, 4) is 16.6 Å². The van der Waals surface area contributed by atoms with Gasteiger partial charge in [0.15, 0.2) is 0 Å². The molecule has 0 fully saturated rings. The van der Waals surface area contributed by atoms with Gasteiger partial charge in [0.2, 0.25) is 0 Å². The number of allylic oxidation sites excluding steroid dienone is 1. The van der Waals surface area contributed by atoms with E-state index < -0.39 is 0 Å². The molecule has 0 atom stereocenters. The van der Waals surface area contributed by atoms with Crippen molar-refractivity contribution in [2.45, 2.75) is 13.3 Å². The number of thiazole rings is 1. The molecule has 0 unspecified atom stereocenters. The standard InChI is InChI=1S/C18H14N2S2/c1-2-13-5-7-14(8-6-13)10-15(11-19)18-20-16(12-22-18)17-4-3-9-21-17/h3-10,12H,2H2,1H3/b15-10+. The van der Waals surface area contributed by atoms with Crippen molar-refractivity contribution in [2.24, 2.45) is 0 Å². The minimum Gasteiger partial charge on any atom is -0.234 e. The largest absolute Gasteiger partial charge is 0.234 e. The van der Waals surface area contributed by atoms with Crippen molar-refractivity contribution in [1.29, 1.82) is 5.26 Å². The second-order valence-corrected chi connectivity index (χ2v) is 6.59. The van der Waals surface area contributed by atoms with Crippen molar-refractivity contribution < 1.29 is 0 Å². The lowest BCUT2D eigenvalue weighted by Gasteiger charge is -1.98. The van der Waals surface area contributed by atoms with E-state index in [1.165, 1.54) is 16.9 Å². The maximum atomic E-state index is 9.43. The predicted molar refractivity (Wildman–Crippen MR) is 94.7 cm³/mol. The van der Waals surface area contributed by atoms with Gasteiger partial charge in [0.25, 0.3) is 0 Å². The van der Waals surface area contributed by atoms with Crippen LogP contribution in [-0.4, -0.2) is 4.98 Å². The predicted octanol–water partition coefficient (Wildman–Crippen LogP) is 5.50. The molecule has 22 heavy (non-hydrogen) atoms. The van der Waals surface area contributed by atoms with Crippen molar-refractivity contribution in [2.75, 3.05) is 0 Å². The summed E-state index contributed by atoms with van der Waals surface area (Å²) in [5, 5.41) is 14.2. The molecule has 0 saturated carbocycles. The quantitative estimate of drug-likeness (QED) is 0.595. The van der Waals surface area contributed by atoms with Gasteiger partial charge in [-0.05, 0) is 35.1 Å². The fraction of sp³-hybridized carbons (Fsp3) is 0.111. The fourth-order valence-electron chi connectivity index (χ4n) is 2.09. The van der Waals surface area contributed by atoms with E-state index in [9.17, 15) is 5.26 Å². The Labute approximate surface area is 138 Å². The highest BCUT2D eigenvalue weighted by Gasteiger charge is 2.09. The third-order valence-corrected chi connectivity index (χ3v) is 5.10. The molecule has 0 radical (unpaired) electrons. The summed E-state index contributed by atoms with van der Waals surface area (Å²) < 4.78 is 0. The molecular weight excluding hydrogens is 308 g/mol. The average Bonchev–Trinajstić information content (AvgIpc) is 3.24. The van der Waals surface area contributed by atoms with Crippen molar-refractivity contribution in [1.82, 2.24) is 4.98 Å². The van der Waals surface area contributed by atoms with Crippen LogP contribution >= 0.6 is 22.7 Å². The molecule has 0 amide bonds. The van der Waals surface area contributed by atoms with Gasteiger partial charge < -0.3 is 0 Å². The van der Waals surface area contributed by atoms with E-state index >= 15 is 0 Å². The molecule has 3 aromatic rings. The van der Waals surface area contributed by atoms with Crippen LogP contribution in [0.4, 0.5) is 0 Å². The Morgan fingerprint density at radius 3 is 2.68 bits per heavy atom. The third kappa shape index (κ3) is 3.16. The molecule has 2 aromatic heterocycles. The van der Waals surface area contributed by atoms with E-state index in [2.05, 4.69) is 30.1 Å². The van der Waals surface area contributed by atoms with Gasteiger partial charge in [-0.1, -0.05) is 37.3 Å². The average molecular weight is 322 g/mol. The Hall–Kier alpha value is -2.22. The van der Waals surface area contributed by atoms with Crippen molar-refractivity contribution in [3.05, 3.63) is 63.3 Å². The molecule has 2 nitrogen and oxygen atoms in total. The first-order valence-corrected chi connectivity index (χ1v) is 8.76. The van der Waals surface area contributed by atoms with Crippen LogP contribution in [0.25, 0.3) is 22.2 Å². The first kappa shape index (κ1) is 14.7. The number of thiophene rings is 1. The number of nitriles is 1. The van der Waals surface area contributed by atoms with Gasteiger partial charge in [-0.2, -0.15) is 5.26 Å². The van der Waals surface area contributed by atoms with E-state index in [-0.39, 0.29) is 0 Å². The second kappa shape index (κ2) is 6.69. The summed E-state index contributed by atoms with van der Waals surface area (Å²) >= 11 is 3.17. The molecule has 3 rings (SSSR count). The number of aryl methyl sites for hydroxylation is 1. The van der Waals surface area contributed by atoms with Crippen LogP contribution in [0.2, 0.25) is 0 Å². The first-order valence-electron chi connectivity index (χ1n) is 7.00. The van der Waals surface area contributed by atoms with Crippen LogP contribution in [-0.2, 0) is 6.42 Å². The Balaban J connectivity index is 1.90. The summed E-state index contributed by atoms with van der Waals surface area (Å²) in [6, 6.07) is 14.6. The topological polar surface area (TPSA) is 36.7 Å². The fourth-order valence-corrected chi connectivity index (χ4v) is 3.64. The molecular formula is C18H14N2S2. The van der Waals surface area contributed by atoms with Gasteiger partial charge in [0.05, 0.1) is 16.1 Å². The van der Waals surface area contributed by atoms with E-state index in [1.54, 1.807) is 11.3 Å². The minimum atomic E-state index is 0.608. The molecule has 2 heterocycles. The highest BCUT2D eigenvalue weighted by molar-refractivity contribution is 7.14. The molecule has 4 heteroatoms. The van der Waals surface area contributed by atoms with E-state index in [0.29, 0.717) is 5.57 Å². The molecule has 1 aromatic carbocycles. The van der Waals surface area contributed by atoms with E-state index in [1.807, 2.05) is 41.1 Å². The van der Waals surface area contributed by atoms with Gasteiger partial charge in [-0.15, -0.1) is 22.7 Å². The van der Waals surface area contributed by atoms with Crippen LogP contribution in [0.3, 0.4) is 0 Å². The summed E-state index contributed by atoms with van der Waals surface area (Å²) in [7, 11) is 0. The SMILES string of the molecule is CCc1ccc(/C=C(\C#N)c2nc(-c3cccs3)cs2)cc1. The zero-order valence-electron chi connectivity index (χ0n) is 12.1. The zero-order chi connectivity index (χ0) is 15.4. The molecule has 0 aliphatic rings. The number of rotatable bonds is 4. The summed E-state index contributed by atoms with van der Waals surface area (Å²) in [5.41, 5.74) is 3.88. The number of aromatic nitrogens is 1. The third-order valence-electron chi connectivity index (χ3n) is 3.33. The molecule has 0 aliphatic heterocycles. The molecule has 108 valence electrons. The molecule has 0 saturated heterocycles. The lowest BCUT2D eigenvalue weighted by atomic mass is 10.1. The molecule has 0 aliphatic carbocycles. The van der Waals surface area contributed by atoms with E-state index in [4.69, 9.17) is 0 Å². The van der Waals surface area contributed by atoms with E-state index in [0.717, 1.165) is 27.6 Å². The number of benzene rings is 1. The van der Waals surface area contributed by atoms with Crippen LogP contribution in [0.1, 0.15) is 23.1 Å². The Kier molecular flexibility index (Phi) is 4.47. The highest BCUT2D eigenvalue weighted by Crippen LogP contribution is 2.29. The monoisotopic (exact) mass is 322 g/mol. The van der Waals surface area contributed by atoms with Gasteiger partial charge in [-0.25, -0.2) is 4.98 Å². The summed E-state index contributed by atoms with van der Waals surface area (Å²) in [5.74, 6) is 0. The van der Waals surface area contributed by atoms with Gasteiger partial charge in [0, 0.05) is 5.38 Å². The lowest BCUT2D eigenvalue weighted by Crippen LogP contribution is -1.83. The maximum Gasteiger partial charge on any atom is 0.134 e. The molecule has 0 bridgehead atoms. The highest BCUT2D eigenvalue weighted by atomic mass is 32.1. The maximum absolute atomic E-state index is 9.43. The summed E-state index contributed by atoms with van der Waals surface area (Å²) in [6.45, 7) is 2.13.